The minimum atomic E-state index is -0.217. The lowest BCUT2D eigenvalue weighted by molar-refractivity contribution is 0.168. The third-order valence-electron chi connectivity index (χ3n) is 6.71. The molecule has 2 aliphatic heterocycles. The third-order valence-corrected chi connectivity index (χ3v) is 8.06. The Morgan fingerprint density at radius 2 is 1.71 bits per heavy atom. The van der Waals surface area contributed by atoms with Gasteiger partial charge in [-0.1, -0.05) is 31.2 Å². The van der Waals surface area contributed by atoms with E-state index in [-0.39, 0.29) is 22.9 Å². The Morgan fingerprint density at radius 1 is 1.00 bits per heavy atom. The molecule has 2 heterocycles. The van der Waals surface area contributed by atoms with Gasteiger partial charge >= 0.3 is 0 Å². The average molecular weight is 478 g/mol. The highest BCUT2D eigenvalue weighted by atomic mass is 32.2. The van der Waals surface area contributed by atoms with Gasteiger partial charge in [0.2, 0.25) is 0 Å². The second-order valence-corrected chi connectivity index (χ2v) is 10.6. The first-order valence-electron chi connectivity index (χ1n) is 11.9. The molecule has 5 nitrogen and oxygen atoms in total. The van der Waals surface area contributed by atoms with Crippen molar-refractivity contribution in [1.82, 2.24) is 4.90 Å². The molecule has 0 bridgehead atoms. The SMILES string of the molecule is C[C@@H]1CCN([C@H](C)COc2ccc([C@@H]3Oc4ccc(O)cc4S[C@@H]3c3ccc(O)cc3)cc2)C1. The number of thioether (sulfide) groups is 1. The lowest BCUT2D eigenvalue weighted by Crippen LogP contribution is -2.35. The number of hydrogen-bond donors (Lipinski definition) is 2. The highest BCUT2D eigenvalue weighted by Crippen LogP contribution is 2.54. The number of benzene rings is 3. The van der Waals surface area contributed by atoms with Gasteiger partial charge in [0.25, 0.3) is 0 Å². The molecule has 0 spiro atoms. The quantitative estimate of drug-likeness (QED) is 0.442. The topological polar surface area (TPSA) is 62.2 Å². The van der Waals surface area contributed by atoms with Crippen LogP contribution in [0.2, 0.25) is 0 Å². The minimum Gasteiger partial charge on any atom is -0.508 e. The molecule has 0 amide bonds. The summed E-state index contributed by atoms with van der Waals surface area (Å²) in [5.74, 6) is 2.84. The maximum atomic E-state index is 9.95. The van der Waals surface area contributed by atoms with Crippen molar-refractivity contribution in [1.29, 1.82) is 0 Å². The monoisotopic (exact) mass is 477 g/mol. The van der Waals surface area contributed by atoms with Gasteiger partial charge in [-0.15, -0.1) is 11.8 Å². The molecule has 2 N–H and O–H groups in total. The lowest BCUT2D eigenvalue weighted by atomic mass is 10.00. The maximum absolute atomic E-state index is 9.95. The normalized spacial score (nSPS) is 23.2. The molecule has 0 aliphatic carbocycles. The van der Waals surface area contributed by atoms with Crippen LogP contribution in [-0.4, -0.2) is 40.9 Å². The molecule has 0 radical (unpaired) electrons. The number of aromatic hydroxyl groups is 2. The summed E-state index contributed by atoms with van der Waals surface area (Å²) in [5.41, 5.74) is 2.11. The van der Waals surface area contributed by atoms with Crippen LogP contribution in [0.3, 0.4) is 0 Å². The second-order valence-electron chi connectivity index (χ2n) is 9.42. The number of nitrogens with zero attached hydrogens (tertiary/aromatic N) is 1. The molecule has 34 heavy (non-hydrogen) atoms. The summed E-state index contributed by atoms with van der Waals surface area (Å²) < 4.78 is 12.6. The van der Waals surface area contributed by atoms with E-state index >= 15 is 0 Å². The number of hydrogen-bond acceptors (Lipinski definition) is 6. The van der Waals surface area contributed by atoms with Crippen LogP contribution in [0, 0.1) is 5.92 Å². The van der Waals surface area contributed by atoms with Gasteiger partial charge in [0, 0.05) is 12.6 Å². The van der Waals surface area contributed by atoms with Crippen LogP contribution >= 0.6 is 11.8 Å². The second kappa shape index (κ2) is 9.80. The molecule has 3 aromatic carbocycles. The van der Waals surface area contributed by atoms with Crippen LogP contribution in [0.15, 0.2) is 71.6 Å². The van der Waals surface area contributed by atoms with Crippen LogP contribution in [0.4, 0.5) is 0 Å². The fourth-order valence-electron chi connectivity index (χ4n) is 4.68. The van der Waals surface area contributed by atoms with E-state index in [1.807, 2.05) is 30.3 Å². The number of rotatable bonds is 6. The summed E-state index contributed by atoms with van der Waals surface area (Å²) in [7, 11) is 0. The average Bonchev–Trinajstić information content (AvgIpc) is 3.29. The molecule has 4 atom stereocenters. The molecular formula is C28H31NO4S. The van der Waals surface area contributed by atoms with Crippen molar-refractivity contribution in [2.24, 2.45) is 5.92 Å². The van der Waals surface area contributed by atoms with Gasteiger partial charge < -0.3 is 19.7 Å². The summed E-state index contributed by atoms with van der Waals surface area (Å²) in [4.78, 5) is 3.41. The van der Waals surface area contributed by atoms with E-state index < -0.39 is 0 Å². The van der Waals surface area contributed by atoms with Crippen LogP contribution in [-0.2, 0) is 0 Å². The highest BCUT2D eigenvalue weighted by molar-refractivity contribution is 7.99. The number of ether oxygens (including phenoxy) is 2. The van der Waals surface area contributed by atoms with Crippen molar-refractivity contribution in [3.63, 3.8) is 0 Å². The van der Waals surface area contributed by atoms with Crippen molar-refractivity contribution < 1.29 is 19.7 Å². The lowest BCUT2D eigenvalue weighted by Gasteiger charge is -2.34. The Kier molecular flexibility index (Phi) is 6.61. The number of likely N-dealkylation sites (tertiary alicyclic amines) is 1. The van der Waals surface area contributed by atoms with Gasteiger partial charge in [-0.3, -0.25) is 4.90 Å². The Hall–Kier alpha value is -2.83. The number of phenols is 2. The van der Waals surface area contributed by atoms with E-state index in [0.717, 1.165) is 46.5 Å². The van der Waals surface area contributed by atoms with E-state index in [2.05, 4.69) is 30.9 Å². The molecule has 1 saturated heterocycles. The summed E-state index contributed by atoms with van der Waals surface area (Å²) in [6, 6.07) is 21.0. The predicted molar refractivity (Wildman–Crippen MR) is 135 cm³/mol. The highest BCUT2D eigenvalue weighted by Gasteiger charge is 2.33. The van der Waals surface area contributed by atoms with Crippen molar-refractivity contribution in [3.8, 4) is 23.0 Å². The Bertz CT molecular complexity index is 1120. The van der Waals surface area contributed by atoms with Crippen molar-refractivity contribution in [2.75, 3.05) is 19.7 Å². The Morgan fingerprint density at radius 3 is 2.41 bits per heavy atom. The predicted octanol–water partition coefficient (Wildman–Crippen LogP) is 6.17. The van der Waals surface area contributed by atoms with E-state index in [0.29, 0.717) is 12.6 Å². The zero-order valence-corrected chi connectivity index (χ0v) is 20.4. The van der Waals surface area contributed by atoms with Crippen LogP contribution < -0.4 is 9.47 Å². The summed E-state index contributed by atoms with van der Waals surface area (Å²) in [6.45, 7) is 7.52. The first-order valence-corrected chi connectivity index (χ1v) is 12.8. The number of phenolic OH excluding ortho intramolecular Hbond substituents is 2. The Labute approximate surface area is 205 Å². The van der Waals surface area contributed by atoms with Gasteiger partial charge in [0.15, 0.2) is 0 Å². The number of fused-ring (bicyclic) bond motifs is 1. The molecule has 5 rings (SSSR count). The van der Waals surface area contributed by atoms with Crippen LogP contribution in [0.5, 0.6) is 23.0 Å². The molecule has 2 aliphatic rings. The third kappa shape index (κ3) is 4.98. The van der Waals surface area contributed by atoms with E-state index in [9.17, 15) is 10.2 Å². The zero-order chi connectivity index (χ0) is 23.7. The van der Waals surface area contributed by atoms with Crippen LogP contribution in [0.25, 0.3) is 0 Å². The smallest absolute Gasteiger partial charge is 0.140 e. The van der Waals surface area contributed by atoms with E-state index in [1.54, 1.807) is 36.0 Å². The fourth-order valence-corrected chi connectivity index (χ4v) is 6.00. The van der Waals surface area contributed by atoms with Gasteiger partial charge in [0.05, 0.1) is 10.1 Å². The van der Waals surface area contributed by atoms with E-state index in [1.165, 1.54) is 6.42 Å². The standard InChI is InChI=1S/C28H31NO4S/c1-18-13-14-29(16-18)19(2)17-32-24-10-5-20(6-11-24)27-28(21-3-7-22(30)8-4-21)34-26-15-23(31)9-12-25(26)33-27/h3-12,15,18-19,27-28,30-31H,13-14,16-17H2,1-2H3/t18-,19-,27+,28-/m1/s1. The summed E-state index contributed by atoms with van der Waals surface area (Å²) in [5, 5.41) is 19.7. The van der Waals surface area contributed by atoms with Gasteiger partial charge in [-0.2, -0.15) is 0 Å². The molecule has 3 aromatic rings. The van der Waals surface area contributed by atoms with Gasteiger partial charge in [0.1, 0.15) is 35.7 Å². The maximum Gasteiger partial charge on any atom is 0.140 e. The molecule has 0 saturated carbocycles. The molecule has 6 heteroatoms. The molecule has 0 aromatic heterocycles. The molecule has 0 unspecified atom stereocenters. The largest absolute Gasteiger partial charge is 0.508 e. The van der Waals surface area contributed by atoms with Crippen molar-refractivity contribution in [3.05, 3.63) is 77.9 Å². The Balaban J connectivity index is 1.33. The minimum absolute atomic E-state index is 0.0288. The van der Waals surface area contributed by atoms with Gasteiger partial charge in [-0.25, -0.2) is 0 Å². The zero-order valence-electron chi connectivity index (χ0n) is 19.6. The first-order chi connectivity index (χ1) is 16.5. The first kappa shape index (κ1) is 22.9. The molecule has 178 valence electrons. The fraction of sp³-hybridized carbons (Fsp3) is 0.357. The molecule has 1 fully saturated rings. The van der Waals surface area contributed by atoms with Crippen LogP contribution in [0.1, 0.15) is 42.7 Å². The van der Waals surface area contributed by atoms with Crippen molar-refractivity contribution in [2.45, 2.75) is 42.6 Å². The summed E-state index contributed by atoms with van der Waals surface area (Å²) >= 11 is 1.66. The van der Waals surface area contributed by atoms with Gasteiger partial charge in [-0.05, 0) is 79.4 Å². The van der Waals surface area contributed by atoms with Crippen molar-refractivity contribution >= 4 is 11.8 Å². The summed E-state index contributed by atoms with van der Waals surface area (Å²) in [6.07, 6.45) is 1.05. The van der Waals surface area contributed by atoms with E-state index in [4.69, 9.17) is 9.47 Å². The molecular weight excluding hydrogens is 446 g/mol.